The van der Waals surface area contributed by atoms with Crippen molar-refractivity contribution in [3.63, 3.8) is 0 Å². The quantitative estimate of drug-likeness (QED) is 0.527. The predicted octanol–water partition coefficient (Wildman–Crippen LogP) is 2.06. The zero-order valence-electron chi connectivity index (χ0n) is 4.39. The van der Waals surface area contributed by atoms with E-state index in [4.69, 9.17) is 0 Å². The zero-order chi connectivity index (χ0) is 4.24. The Balaban J connectivity index is 0.000000360. The molecule has 0 amide bonds. The number of hydrogen-bond donors (Lipinski definition) is 0. The Kier molecular flexibility index (Phi) is 6.75. The van der Waals surface area contributed by atoms with Crippen molar-refractivity contribution >= 4 is 11.8 Å². The van der Waals surface area contributed by atoms with Crippen LogP contribution in [0.15, 0.2) is 0 Å². The van der Waals surface area contributed by atoms with Gasteiger partial charge in [0.2, 0.25) is 0 Å². The van der Waals surface area contributed by atoms with E-state index in [0.717, 1.165) is 0 Å². The predicted molar refractivity (Wildman–Crippen MR) is 30.6 cm³/mol. The summed E-state index contributed by atoms with van der Waals surface area (Å²) in [5.41, 5.74) is 0. The van der Waals surface area contributed by atoms with E-state index < -0.39 is 0 Å². The summed E-state index contributed by atoms with van der Waals surface area (Å²) in [6, 6.07) is 0. The molecule has 39 valence electrons. The first kappa shape index (κ1) is 8.45. The average Bonchev–Trinajstić information content (AvgIpc) is 1.72. The van der Waals surface area contributed by atoms with Crippen LogP contribution in [0.4, 0.5) is 0 Å². The van der Waals surface area contributed by atoms with Crippen molar-refractivity contribution in [1.29, 1.82) is 0 Å². The van der Waals surface area contributed by atoms with Gasteiger partial charge in [0.1, 0.15) is 0 Å². The molecule has 0 spiro atoms. The number of thioether (sulfide) groups is 1. The summed E-state index contributed by atoms with van der Waals surface area (Å²) in [7, 11) is 0. The van der Waals surface area contributed by atoms with Crippen molar-refractivity contribution in [1.82, 2.24) is 0 Å². The van der Waals surface area contributed by atoms with Crippen molar-refractivity contribution in [2.75, 3.05) is 5.75 Å². The molecule has 1 aliphatic rings. The fourth-order valence-corrected chi connectivity index (χ4v) is 1.45. The molecular weight excluding hydrogens is 181 g/mol. The molecule has 0 aromatic heterocycles. The second kappa shape index (κ2) is 5.59. The minimum absolute atomic E-state index is 0. The third kappa shape index (κ3) is 3.99. The van der Waals surface area contributed by atoms with E-state index in [1.807, 2.05) is 11.8 Å². The third-order valence-corrected chi connectivity index (χ3v) is 1.95. The molecular formula is C5H9SY-. The van der Waals surface area contributed by atoms with Crippen LogP contribution in [-0.2, 0) is 32.7 Å². The Morgan fingerprint density at radius 3 is 2.29 bits per heavy atom. The Labute approximate surface area is 74.7 Å². The summed E-state index contributed by atoms with van der Waals surface area (Å²) in [4.78, 5) is 0. The first-order chi connectivity index (χ1) is 3.00. The molecule has 0 N–H and O–H groups in total. The maximum absolute atomic E-state index is 2.31. The molecule has 0 unspecified atom stereocenters. The molecule has 1 aliphatic heterocycles. The minimum atomic E-state index is 0. The molecule has 1 fully saturated rings. The third-order valence-electron chi connectivity index (χ3n) is 0.952. The topological polar surface area (TPSA) is 0 Å². The normalized spacial score (nSPS) is 20.6. The monoisotopic (exact) mass is 190 g/mol. The van der Waals surface area contributed by atoms with Crippen LogP contribution in [0.5, 0.6) is 0 Å². The summed E-state index contributed by atoms with van der Waals surface area (Å²) in [5.74, 6) is 3.67. The molecule has 7 heavy (non-hydrogen) atoms. The molecule has 0 nitrogen and oxygen atoms in total. The Hall–Kier alpha value is 1.45. The van der Waals surface area contributed by atoms with E-state index in [0.29, 0.717) is 0 Å². The fraction of sp³-hybridized carbons (Fsp3) is 0.800. The van der Waals surface area contributed by atoms with E-state index in [1.165, 1.54) is 25.0 Å². The molecule has 2 heteroatoms. The van der Waals surface area contributed by atoms with E-state index in [-0.39, 0.29) is 32.7 Å². The molecule has 1 rings (SSSR count). The van der Waals surface area contributed by atoms with Crippen LogP contribution in [0.2, 0.25) is 0 Å². The van der Waals surface area contributed by atoms with Crippen molar-refractivity contribution < 1.29 is 32.7 Å². The molecule has 1 heterocycles. The van der Waals surface area contributed by atoms with Gasteiger partial charge in [-0.05, 0) is 12.2 Å². The van der Waals surface area contributed by atoms with Gasteiger partial charge in [0.25, 0.3) is 0 Å². The summed E-state index contributed by atoms with van der Waals surface area (Å²) in [6.07, 6.45) is 4.19. The van der Waals surface area contributed by atoms with Gasteiger partial charge < -0.3 is 11.8 Å². The maximum Gasteiger partial charge on any atom is 0 e. The molecule has 0 saturated carbocycles. The van der Waals surface area contributed by atoms with Gasteiger partial charge in [0, 0.05) is 32.7 Å². The van der Waals surface area contributed by atoms with Crippen molar-refractivity contribution in [3.8, 4) is 0 Å². The van der Waals surface area contributed by atoms with E-state index in [2.05, 4.69) is 5.75 Å². The van der Waals surface area contributed by atoms with Gasteiger partial charge in [-0.25, -0.2) is 0 Å². The fourth-order valence-electron chi connectivity index (χ4n) is 0.580. The molecule has 0 aromatic rings. The SMILES string of the molecule is [CH-]1CCCCS1.[Y]. The van der Waals surface area contributed by atoms with Gasteiger partial charge in [-0.15, -0.1) is 0 Å². The Bertz CT molecular complexity index is 23.6. The van der Waals surface area contributed by atoms with Gasteiger partial charge in [0.05, 0.1) is 0 Å². The van der Waals surface area contributed by atoms with Crippen molar-refractivity contribution in [2.24, 2.45) is 0 Å². The van der Waals surface area contributed by atoms with E-state index >= 15 is 0 Å². The Morgan fingerprint density at radius 1 is 1.29 bits per heavy atom. The van der Waals surface area contributed by atoms with Crippen LogP contribution in [0.3, 0.4) is 0 Å². The van der Waals surface area contributed by atoms with E-state index in [1.54, 1.807) is 0 Å². The molecule has 0 aromatic carbocycles. The summed E-state index contributed by atoms with van der Waals surface area (Å²) >= 11 is 1.97. The largest absolute Gasteiger partial charge is 0.351 e. The van der Waals surface area contributed by atoms with Crippen LogP contribution in [0.1, 0.15) is 19.3 Å². The van der Waals surface area contributed by atoms with E-state index in [9.17, 15) is 0 Å². The molecule has 0 aliphatic carbocycles. The first-order valence-electron chi connectivity index (χ1n) is 2.43. The van der Waals surface area contributed by atoms with Crippen LogP contribution in [0.25, 0.3) is 0 Å². The van der Waals surface area contributed by atoms with Crippen LogP contribution in [-0.4, -0.2) is 5.75 Å². The van der Waals surface area contributed by atoms with Gasteiger partial charge in [-0.1, -0.05) is 6.42 Å². The van der Waals surface area contributed by atoms with Crippen LogP contribution >= 0.6 is 11.8 Å². The molecule has 0 bridgehead atoms. The smallest absolute Gasteiger partial charge is 0 e. The number of rotatable bonds is 0. The van der Waals surface area contributed by atoms with Crippen molar-refractivity contribution in [3.05, 3.63) is 5.75 Å². The van der Waals surface area contributed by atoms with Crippen LogP contribution < -0.4 is 0 Å². The summed E-state index contributed by atoms with van der Waals surface area (Å²) in [6.45, 7) is 0. The van der Waals surface area contributed by atoms with Gasteiger partial charge in [-0.3, -0.25) is 5.75 Å². The maximum atomic E-state index is 2.31. The average molecular weight is 190 g/mol. The van der Waals surface area contributed by atoms with Crippen molar-refractivity contribution in [2.45, 2.75) is 19.3 Å². The van der Waals surface area contributed by atoms with Gasteiger partial charge in [0.15, 0.2) is 0 Å². The standard InChI is InChI=1S/C5H9S.Y/c1-2-4-6-5-3-1;/h4H,1-3,5H2;/q-1;. The number of hydrogen-bond acceptors (Lipinski definition) is 1. The second-order valence-electron chi connectivity index (χ2n) is 1.53. The first-order valence-corrected chi connectivity index (χ1v) is 3.48. The van der Waals surface area contributed by atoms with Gasteiger partial charge >= 0.3 is 0 Å². The zero-order valence-corrected chi connectivity index (χ0v) is 8.05. The minimum Gasteiger partial charge on any atom is -0.351 e. The molecule has 0 atom stereocenters. The molecule has 1 saturated heterocycles. The molecule has 1 radical (unpaired) electrons. The van der Waals surface area contributed by atoms with Gasteiger partial charge in [-0.2, -0.15) is 6.42 Å². The Morgan fingerprint density at radius 2 is 2.14 bits per heavy atom. The van der Waals surface area contributed by atoms with Crippen LogP contribution in [0, 0.1) is 5.75 Å². The second-order valence-corrected chi connectivity index (χ2v) is 2.61. The summed E-state index contributed by atoms with van der Waals surface area (Å²) in [5, 5.41) is 0. The summed E-state index contributed by atoms with van der Waals surface area (Å²) < 4.78 is 0.